The van der Waals surface area contributed by atoms with E-state index in [1.165, 1.54) is 32.1 Å². The Hall–Kier alpha value is -0.630. The van der Waals surface area contributed by atoms with Crippen LogP contribution >= 0.6 is 0 Å². The van der Waals surface area contributed by atoms with Crippen molar-refractivity contribution in [1.29, 1.82) is 0 Å². The third-order valence-electron chi connectivity index (χ3n) is 5.76. The Morgan fingerprint density at radius 1 is 0.889 bits per heavy atom. The summed E-state index contributed by atoms with van der Waals surface area (Å²) in [7, 11) is 0. The molecule has 0 aromatic heterocycles. The van der Waals surface area contributed by atoms with Crippen molar-refractivity contribution in [3.8, 4) is 0 Å². The molecule has 2 heterocycles. The number of Topliss-reactive ketones (excluding diaryl/α,β-unsaturated/α-hetero) is 1. The Balaban J connectivity index is 1.78. The van der Waals surface area contributed by atoms with Crippen LogP contribution in [0.3, 0.4) is 0 Å². The van der Waals surface area contributed by atoms with Gasteiger partial charge in [-0.2, -0.15) is 0 Å². The average Bonchev–Trinajstić information content (AvgIpc) is 2.56. The predicted molar refractivity (Wildman–Crippen MR) is 69.2 cm³/mol. The summed E-state index contributed by atoms with van der Waals surface area (Å²) in [5, 5.41) is 0. The number of rotatable bonds is 0. The molecule has 2 heteroatoms. The Bertz CT molecular complexity index is 413. The van der Waals surface area contributed by atoms with Crippen molar-refractivity contribution in [1.82, 2.24) is 0 Å². The van der Waals surface area contributed by atoms with Gasteiger partial charge in [0, 0.05) is 0 Å². The molecule has 0 radical (unpaired) electrons. The highest BCUT2D eigenvalue weighted by molar-refractivity contribution is 5.88. The Kier molecular flexibility index (Phi) is 2.30. The van der Waals surface area contributed by atoms with E-state index in [2.05, 4.69) is 12.2 Å². The summed E-state index contributed by atoms with van der Waals surface area (Å²) in [5.41, 5.74) is -0.405. The number of hydrogen-bond acceptors (Lipinski definition) is 2. The molecule has 3 fully saturated rings. The van der Waals surface area contributed by atoms with Crippen LogP contribution < -0.4 is 0 Å². The van der Waals surface area contributed by atoms with E-state index in [9.17, 15) is 4.79 Å². The molecule has 2 nitrogen and oxygen atoms in total. The molecule has 0 N–H and O–H groups in total. The highest BCUT2D eigenvalue weighted by atomic mass is 16.5. The van der Waals surface area contributed by atoms with Crippen molar-refractivity contribution in [2.45, 2.75) is 69.0 Å². The smallest absolute Gasteiger partial charge is 0.145 e. The number of carbonyl (C=O) groups is 1. The lowest BCUT2D eigenvalue weighted by Crippen LogP contribution is -2.58. The number of ketones is 1. The molecule has 4 rings (SSSR count). The molecule has 98 valence electrons. The van der Waals surface area contributed by atoms with E-state index in [1.54, 1.807) is 0 Å². The zero-order valence-corrected chi connectivity index (χ0v) is 11.0. The van der Waals surface area contributed by atoms with Crippen LogP contribution in [0.15, 0.2) is 12.2 Å². The highest BCUT2D eigenvalue weighted by Crippen LogP contribution is 2.56. The molecule has 2 spiro atoms. The molecule has 1 saturated heterocycles. The lowest BCUT2D eigenvalue weighted by Gasteiger charge is -2.50. The molecule has 4 aliphatic rings. The SMILES string of the molecule is O=C1[C@H]2CCCCCC23C=C[C@]2(CCCC[C@@H]12)O3. The second-order valence-corrected chi connectivity index (χ2v) is 6.70. The first kappa shape index (κ1) is 11.2. The van der Waals surface area contributed by atoms with Crippen LogP contribution in [-0.2, 0) is 9.53 Å². The van der Waals surface area contributed by atoms with Gasteiger partial charge in [0.05, 0.1) is 23.0 Å². The molecular formula is C16H22O2. The standard InChI is InChI=1S/C16H22O2/c17-14-12-6-2-1-4-8-15(12)10-11-16(18-15)9-5-3-7-13(14)16/h10-13H,1-9H2/t12-,13+,15?,16+/m1/s1. The van der Waals surface area contributed by atoms with Gasteiger partial charge in [-0.15, -0.1) is 0 Å². The number of hydrogen-bond donors (Lipinski definition) is 0. The number of ether oxygens (including phenoxy) is 1. The summed E-state index contributed by atoms with van der Waals surface area (Å²) in [5.74, 6) is 0.865. The Morgan fingerprint density at radius 2 is 1.44 bits per heavy atom. The van der Waals surface area contributed by atoms with Crippen LogP contribution in [-0.4, -0.2) is 17.0 Å². The summed E-state index contributed by atoms with van der Waals surface area (Å²) >= 11 is 0. The largest absolute Gasteiger partial charge is 0.359 e. The van der Waals surface area contributed by atoms with Gasteiger partial charge in [-0.05, 0) is 25.7 Å². The topological polar surface area (TPSA) is 26.3 Å². The van der Waals surface area contributed by atoms with E-state index in [0.717, 1.165) is 25.7 Å². The second kappa shape index (κ2) is 3.69. The molecule has 2 aliphatic heterocycles. The molecule has 18 heavy (non-hydrogen) atoms. The van der Waals surface area contributed by atoms with Crippen LogP contribution in [0, 0.1) is 11.8 Å². The van der Waals surface area contributed by atoms with E-state index >= 15 is 0 Å². The molecule has 1 unspecified atom stereocenters. The minimum Gasteiger partial charge on any atom is -0.359 e. The summed E-state index contributed by atoms with van der Waals surface area (Å²) < 4.78 is 6.60. The fourth-order valence-electron chi connectivity index (χ4n) is 4.87. The maximum Gasteiger partial charge on any atom is 0.145 e. The van der Waals surface area contributed by atoms with Gasteiger partial charge in [-0.25, -0.2) is 0 Å². The van der Waals surface area contributed by atoms with Crippen LogP contribution in [0.4, 0.5) is 0 Å². The molecule has 4 atom stereocenters. The summed E-state index contributed by atoms with van der Waals surface area (Å²) in [4.78, 5) is 12.9. The highest BCUT2D eigenvalue weighted by Gasteiger charge is 2.62. The van der Waals surface area contributed by atoms with Crippen molar-refractivity contribution in [3.05, 3.63) is 12.2 Å². The predicted octanol–water partition coefficient (Wildman–Crippen LogP) is 3.40. The van der Waals surface area contributed by atoms with E-state index in [1.807, 2.05) is 0 Å². The first-order chi connectivity index (χ1) is 8.76. The van der Waals surface area contributed by atoms with Gasteiger partial charge >= 0.3 is 0 Å². The Labute approximate surface area is 109 Å². The third-order valence-corrected chi connectivity index (χ3v) is 5.76. The van der Waals surface area contributed by atoms with Gasteiger partial charge in [0.2, 0.25) is 0 Å². The fraction of sp³-hybridized carbons (Fsp3) is 0.812. The molecule has 2 aliphatic carbocycles. The third kappa shape index (κ3) is 1.30. The average molecular weight is 246 g/mol. The van der Waals surface area contributed by atoms with E-state index in [0.29, 0.717) is 5.78 Å². The van der Waals surface area contributed by atoms with Crippen molar-refractivity contribution >= 4 is 5.78 Å². The van der Waals surface area contributed by atoms with Gasteiger partial charge in [-0.3, -0.25) is 4.79 Å². The minimum atomic E-state index is -0.207. The first-order valence-electron chi connectivity index (χ1n) is 7.70. The normalized spacial score (nSPS) is 50.6. The molecule has 0 amide bonds. The quantitative estimate of drug-likeness (QED) is 0.612. The monoisotopic (exact) mass is 246 g/mol. The second-order valence-electron chi connectivity index (χ2n) is 6.70. The molecule has 2 saturated carbocycles. The molecular weight excluding hydrogens is 224 g/mol. The van der Waals surface area contributed by atoms with Crippen molar-refractivity contribution in [3.63, 3.8) is 0 Å². The van der Waals surface area contributed by atoms with Crippen LogP contribution in [0.5, 0.6) is 0 Å². The van der Waals surface area contributed by atoms with Crippen LogP contribution in [0.1, 0.15) is 57.8 Å². The lowest BCUT2D eigenvalue weighted by molar-refractivity contribution is -0.197. The molecule has 2 bridgehead atoms. The van der Waals surface area contributed by atoms with Crippen molar-refractivity contribution in [2.24, 2.45) is 11.8 Å². The van der Waals surface area contributed by atoms with Crippen molar-refractivity contribution in [2.75, 3.05) is 0 Å². The summed E-state index contributed by atoms with van der Waals surface area (Å²) in [6.45, 7) is 0. The van der Waals surface area contributed by atoms with Crippen LogP contribution in [0.2, 0.25) is 0 Å². The molecule has 0 aromatic rings. The van der Waals surface area contributed by atoms with Gasteiger partial charge < -0.3 is 4.74 Å². The summed E-state index contributed by atoms with van der Waals surface area (Å²) in [6.07, 6.45) is 14.9. The summed E-state index contributed by atoms with van der Waals surface area (Å²) in [6, 6.07) is 0. The maximum atomic E-state index is 12.9. The van der Waals surface area contributed by atoms with E-state index < -0.39 is 0 Å². The zero-order valence-electron chi connectivity index (χ0n) is 11.0. The maximum absolute atomic E-state index is 12.9. The molecule has 0 aromatic carbocycles. The number of carbonyl (C=O) groups excluding carboxylic acids is 1. The fourth-order valence-corrected chi connectivity index (χ4v) is 4.87. The Morgan fingerprint density at radius 3 is 2.11 bits per heavy atom. The zero-order chi connectivity index (χ0) is 12.2. The first-order valence-corrected chi connectivity index (χ1v) is 7.70. The van der Waals surface area contributed by atoms with Gasteiger partial charge in [0.1, 0.15) is 5.78 Å². The van der Waals surface area contributed by atoms with Gasteiger partial charge in [0.15, 0.2) is 0 Å². The lowest BCUT2D eigenvalue weighted by atomic mass is 9.67. The van der Waals surface area contributed by atoms with E-state index in [-0.39, 0.29) is 23.0 Å². The van der Waals surface area contributed by atoms with Crippen molar-refractivity contribution < 1.29 is 9.53 Å². The van der Waals surface area contributed by atoms with Gasteiger partial charge in [0.25, 0.3) is 0 Å². The van der Waals surface area contributed by atoms with E-state index in [4.69, 9.17) is 4.74 Å². The van der Waals surface area contributed by atoms with Crippen LogP contribution in [0.25, 0.3) is 0 Å². The minimum absolute atomic E-state index is 0.162. The van der Waals surface area contributed by atoms with Gasteiger partial charge in [-0.1, -0.05) is 44.3 Å².